The minimum Gasteiger partial charge on any atom is -0.479 e. The van der Waals surface area contributed by atoms with E-state index in [4.69, 9.17) is 9.47 Å². The predicted molar refractivity (Wildman–Crippen MR) is 118 cm³/mol. The summed E-state index contributed by atoms with van der Waals surface area (Å²) in [5.74, 6) is -0.896. The standard InChI is InChI=1S/C24H28N2O5/c1-15(22(28)26-14-21(27)25-19-8-6-7-9-20(19)26)31-23(29)16(2)30-18-12-10-17(11-13-18)24(3,4)5/h6-13,15-16H,14H2,1-5H3,(H,25,27)/t15-,16+/m0/s1. The topological polar surface area (TPSA) is 84.9 Å². The third kappa shape index (κ3) is 5.23. The number of esters is 1. The van der Waals surface area contributed by atoms with E-state index in [0.717, 1.165) is 5.56 Å². The van der Waals surface area contributed by atoms with Gasteiger partial charge in [-0.25, -0.2) is 4.79 Å². The first kappa shape index (κ1) is 22.3. The Morgan fingerprint density at radius 1 is 1.00 bits per heavy atom. The summed E-state index contributed by atoms with van der Waals surface area (Å²) in [5, 5.41) is 2.72. The second-order valence-electron chi connectivity index (χ2n) is 8.60. The van der Waals surface area contributed by atoms with Crippen molar-refractivity contribution < 1.29 is 23.9 Å². The number of nitrogens with zero attached hydrogens (tertiary/aromatic N) is 1. The van der Waals surface area contributed by atoms with E-state index in [1.165, 1.54) is 11.8 Å². The van der Waals surface area contributed by atoms with Crippen LogP contribution in [0.3, 0.4) is 0 Å². The molecule has 0 radical (unpaired) electrons. The molecule has 7 nitrogen and oxygen atoms in total. The number of anilines is 2. The average Bonchev–Trinajstić information content (AvgIpc) is 2.72. The Hall–Kier alpha value is -3.35. The van der Waals surface area contributed by atoms with Crippen LogP contribution in [-0.4, -0.2) is 36.5 Å². The molecule has 1 heterocycles. The van der Waals surface area contributed by atoms with Crippen molar-refractivity contribution in [1.82, 2.24) is 0 Å². The Kier molecular flexibility index (Phi) is 6.34. The van der Waals surface area contributed by atoms with Crippen molar-refractivity contribution in [3.63, 3.8) is 0 Å². The molecule has 1 aliphatic heterocycles. The Labute approximate surface area is 182 Å². The molecular weight excluding hydrogens is 396 g/mol. The first-order valence-corrected chi connectivity index (χ1v) is 10.2. The van der Waals surface area contributed by atoms with E-state index < -0.39 is 24.1 Å². The van der Waals surface area contributed by atoms with Gasteiger partial charge in [0.15, 0.2) is 12.2 Å². The fourth-order valence-electron chi connectivity index (χ4n) is 3.26. The maximum Gasteiger partial charge on any atom is 0.347 e. The lowest BCUT2D eigenvalue weighted by atomic mass is 9.87. The molecule has 0 bridgehead atoms. The molecule has 2 aromatic rings. The monoisotopic (exact) mass is 424 g/mol. The molecule has 0 aromatic heterocycles. The first-order valence-electron chi connectivity index (χ1n) is 10.2. The molecule has 0 spiro atoms. The molecule has 0 fully saturated rings. The second-order valence-corrected chi connectivity index (χ2v) is 8.60. The average molecular weight is 424 g/mol. The molecule has 2 aromatic carbocycles. The van der Waals surface area contributed by atoms with Crippen LogP contribution in [0.5, 0.6) is 5.75 Å². The van der Waals surface area contributed by atoms with Crippen LogP contribution in [0.2, 0.25) is 0 Å². The summed E-state index contributed by atoms with van der Waals surface area (Å²) in [7, 11) is 0. The van der Waals surface area contributed by atoms with Gasteiger partial charge in [0.05, 0.1) is 11.4 Å². The maximum absolute atomic E-state index is 12.9. The molecule has 0 saturated heterocycles. The zero-order valence-corrected chi connectivity index (χ0v) is 18.5. The maximum atomic E-state index is 12.9. The molecule has 1 N–H and O–H groups in total. The Balaban J connectivity index is 1.62. The minimum absolute atomic E-state index is 0.0167. The van der Waals surface area contributed by atoms with Gasteiger partial charge in [-0.3, -0.25) is 14.5 Å². The molecule has 164 valence electrons. The number of ether oxygens (including phenoxy) is 2. The van der Waals surface area contributed by atoms with Gasteiger partial charge in [-0.15, -0.1) is 0 Å². The van der Waals surface area contributed by atoms with Gasteiger partial charge in [0, 0.05) is 0 Å². The summed E-state index contributed by atoms with van der Waals surface area (Å²) < 4.78 is 11.0. The van der Waals surface area contributed by atoms with Gasteiger partial charge in [-0.1, -0.05) is 45.0 Å². The number of nitrogens with one attached hydrogen (secondary N) is 1. The molecule has 0 aliphatic carbocycles. The van der Waals surface area contributed by atoms with Crippen molar-refractivity contribution in [2.24, 2.45) is 0 Å². The van der Waals surface area contributed by atoms with Crippen LogP contribution in [0.25, 0.3) is 0 Å². The molecule has 0 unspecified atom stereocenters. The molecule has 0 saturated carbocycles. The lowest BCUT2D eigenvalue weighted by molar-refractivity contribution is -0.160. The summed E-state index contributed by atoms with van der Waals surface area (Å²) in [6, 6.07) is 14.5. The number of hydrogen-bond donors (Lipinski definition) is 1. The van der Waals surface area contributed by atoms with Gasteiger partial charge in [-0.2, -0.15) is 0 Å². The highest BCUT2D eigenvalue weighted by atomic mass is 16.6. The van der Waals surface area contributed by atoms with E-state index in [1.54, 1.807) is 31.2 Å². The van der Waals surface area contributed by atoms with Gasteiger partial charge in [0.1, 0.15) is 12.3 Å². The van der Waals surface area contributed by atoms with E-state index in [0.29, 0.717) is 17.1 Å². The number of benzene rings is 2. The molecule has 7 heteroatoms. The van der Waals surface area contributed by atoms with E-state index in [-0.39, 0.29) is 17.9 Å². The van der Waals surface area contributed by atoms with E-state index in [9.17, 15) is 14.4 Å². The highest BCUT2D eigenvalue weighted by Gasteiger charge is 2.32. The molecule has 31 heavy (non-hydrogen) atoms. The van der Waals surface area contributed by atoms with Crippen LogP contribution in [0.4, 0.5) is 11.4 Å². The van der Waals surface area contributed by atoms with Crippen LogP contribution in [0.15, 0.2) is 48.5 Å². The van der Waals surface area contributed by atoms with E-state index in [1.807, 2.05) is 24.3 Å². The molecular formula is C24H28N2O5. The summed E-state index contributed by atoms with van der Waals surface area (Å²) in [6.07, 6.45) is -1.96. The largest absolute Gasteiger partial charge is 0.479 e. The SMILES string of the molecule is C[C@H](OC(=O)[C@@H](C)Oc1ccc(C(C)(C)C)cc1)C(=O)N1CC(=O)Nc2ccccc21. The van der Waals surface area contributed by atoms with Crippen molar-refractivity contribution in [3.05, 3.63) is 54.1 Å². The number of rotatable bonds is 5. The minimum atomic E-state index is -1.07. The zero-order chi connectivity index (χ0) is 22.8. The van der Waals surface area contributed by atoms with Crippen molar-refractivity contribution >= 4 is 29.2 Å². The van der Waals surface area contributed by atoms with Crippen LogP contribution in [-0.2, 0) is 24.5 Å². The number of amides is 2. The quantitative estimate of drug-likeness (QED) is 0.741. The fraction of sp³-hybridized carbons (Fsp3) is 0.375. The molecule has 2 amide bonds. The molecule has 3 rings (SSSR count). The number of carbonyl (C=O) groups excluding carboxylic acids is 3. The lowest BCUT2D eigenvalue weighted by Crippen LogP contribution is -2.47. The van der Waals surface area contributed by atoms with Gasteiger partial charge in [-0.05, 0) is 49.1 Å². The highest BCUT2D eigenvalue weighted by molar-refractivity contribution is 6.11. The van der Waals surface area contributed by atoms with E-state index in [2.05, 4.69) is 26.1 Å². The predicted octanol–water partition coefficient (Wildman–Crippen LogP) is 3.67. The lowest BCUT2D eigenvalue weighted by Gasteiger charge is -2.31. The van der Waals surface area contributed by atoms with Crippen molar-refractivity contribution in [2.75, 3.05) is 16.8 Å². The van der Waals surface area contributed by atoms with Crippen molar-refractivity contribution in [3.8, 4) is 5.75 Å². The van der Waals surface area contributed by atoms with Gasteiger partial charge < -0.3 is 14.8 Å². The smallest absolute Gasteiger partial charge is 0.347 e. The molecule has 2 atom stereocenters. The number of para-hydroxylation sites is 2. The third-order valence-corrected chi connectivity index (χ3v) is 5.04. The second kappa shape index (κ2) is 8.79. The Morgan fingerprint density at radius 3 is 2.29 bits per heavy atom. The Bertz CT molecular complexity index is 978. The van der Waals surface area contributed by atoms with Gasteiger partial charge in [0.25, 0.3) is 5.91 Å². The fourth-order valence-corrected chi connectivity index (χ4v) is 3.26. The van der Waals surface area contributed by atoms with Crippen LogP contribution in [0, 0.1) is 0 Å². The summed E-state index contributed by atoms with van der Waals surface area (Å²) in [4.78, 5) is 38.6. The zero-order valence-electron chi connectivity index (χ0n) is 18.5. The third-order valence-electron chi connectivity index (χ3n) is 5.04. The van der Waals surface area contributed by atoms with E-state index >= 15 is 0 Å². The van der Waals surface area contributed by atoms with Gasteiger partial charge in [0.2, 0.25) is 5.91 Å². The number of fused-ring (bicyclic) bond motifs is 1. The van der Waals surface area contributed by atoms with Crippen LogP contribution >= 0.6 is 0 Å². The summed E-state index contributed by atoms with van der Waals surface area (Å²) >= 11 is 0. The normalized spacial score (nSPS) is 15.4. The first-order chi connectivity index (χ1) is 14.6. The summed E-state index contributed by atoms with van der Waals surface area (Å²) in [6.45, 7) is 9.27. The van der Waals surface area contributed by atoms with Crippen LogP contribution < -0.4 is 15.0 Å². The van der Waals surface area contributed by atoms with Crippen molar-refractivity contribution in [1.29, 1.82) is 0 Å². The number of carbonyl (C=O) groups is 3. The van der Waals surface area contributed by atoms with Crippen LogP contribution in [0.1, 0.15) is 40.2 Å². The van der Waals surface area contributed by atoms with Gasteiger partial charge >= 0.3 is 5.97 Å². The van der Waals surface area contributed by atoms with Crippen molar-refractivity contribution in [2.45, 2.75) is 52.2 Å². The number of hydrogen-bond acceptors (Lipinski definition) is 5. The summed E-state index contributed by atoms with van der Waals surface area (Å²) in [5.41, 5.74) is 2.28. The molecule has 1 aliphatic rings. The highest BCUT2D eigenvalue weighted by Crippen LogP contribution is 2.29. The Morgan fingerprint density at radius 2 is 1.65 bits per heavy atom.